The van der Waals surface area contributed by atoms with Crippen LogP contribution in [-0.4, -0.2) is 19.7 Å². The fourth-order valence-electron chi connectivity index (χ4n) is 2.26. The molecule has 6 nitrogen and oxygen atoms in total. The highest BCUT2D eigenvalue weighted by Crippen LogP contribution is 2.30. The molecule has 0 aliphatic carbocycles. The molecule has 116 valence electrons. The maximum absolute atomic E-state index is 9.03. The van der Waals surface area contributed by atoms with E-state index in [0.29, 0.717) is 28.6 Å². The number of imidazole rings is 1. The average molecular weight is 328 g/mol. The number of hydrogen-bond donors (Lipinski definition) is 1. The molecule has 1 N–H and O–H groups in total. The van der Waals surface area contributed by atoms with Crippen LogP contribution < -0.4 is 4.74 Å². The molecule has 23 heavy (non-hydrogen) atoms. The molecule has 1 aromatic carbocycles. The smallest absolute Gasteiger partial charge is 0.172 e. The summed E-state index contributed by atoms with van der Waals surface area (Å²) in [5, 5.41) is 16.7. The van der Waals surface area contributed by atoms with E-state index in [4.69, 9.17) is 21.6 Å². The van der Waals surface area contributed by atoms with Gasteiger partial charge in [-0.3, -0.25) is 5.10 Å². The van der Waals surface area contributed by atoms with Crippen LogP contribution in [0.3, 0.4) is 0 Å². The standard InChI is InChI=1S/C16H14ClN5O/c1-10-16(23-14-6-12(8-18)5-13(17)7-14)15(21-20-10)9-22-4-3-19-11(22)2/h3-7H,9H2,1-2H3,(H,20,21). The highest BCUT2D eigenvalue weighted by Gasteiger charge is 2.14. The van der Waals surface area contributed by atoms with Gasteiger partial charge in [-0.25, -0.2) is 4.98 Å². The number of aromatic amines is 1. The third kappa shape index (κ3) is 3.20. The summed E-state index contributed by atoms with van der Waals surface area (Å²) < 4.78 is 7.91. The Morgan fingerprint density at radius 2 is 2.17 bits per heavy atom. The van der Waals surface area contributed by atoms with Crippen molar-refractivity contribution in [3.8, 4) is 17.6 Å². The topological polar surface area (TPSA) is 79.5 Å². The van der Waals surface area contributed by atoms with E-state index < -0.39 is 0 Å². The third-order valence-corrected chi connectivity index (χ3v) is 3.65. The van der Waals surface area contributed by atoms with Crippen molar-refractivity contribution in [2.45, 2.75) is 20.4 Å². The molecule has 0 aliphatic rings. The zero-order chi connectivity index (χ0) is 16.4. The molecule has 7 heteroatoms. The van der Waals surface area contributed by atoms with E-state index in [1.807, 2.05) is 24.6 Å². The number of H-pyrrole nitrogens is 1. The van der Waals surface area contributed by atoms with E-state index in [9.17, 15) is 0 Å². The van der Waals surface area contributed by atoms with Gasteiger partial charge >= 0.3 is 0 Å². The molecule has 0 saturated carbocycles. The number of nitriles is 1. The van der Waals surface area contributed by atoms with E-state index in [2.05, 4.69) is 21.3 Å². The first-order chi connectivity index (χ1) is 11.1. The van der Waals surface area contributed by atoms with Gasteiger partial charge in [0.25, 0.3) is 0 Å². The Hall–Kier alpha value is -2.78. The molecule has 0 atom stereocenters. The van der Waals surface area contributed by atoms with Crippen molar-refractivity contribution < 1.29 is 4.74 Å². The Balaban J connectivity index is 1.92. The largest absolute Gasteiger partial charge is 0.453 e. The van der Waals surface area contributed by atoms with Crippen LogP contribution in [0.5, 0.6) is 11.5 Å². The van der Waals surface area contributed by atoms with Crippen LogP contribution in [0.25, 0.3) is 0 Å². The van der Waals surface area contributed by atoms with Crippen LogP contribution in [0, 0.1) is 25.2 Å². The number of ether oxygens (including phenoxy) is 1. The van der Waals surface area contributed by atoms with Gasteiger partial charge in [0.15, 0.2) is 5.75 Å². The summed E-state index contributed by atoms with van der Waals surface area (Å²) in [5.74, 6) is 2.03. The van der Waals surface area contributed by atoms with Crippen molar-refractivity contribution in [1.82, 2.24) is 19.7 Å². The zero-order valence-corrected chi connectivity index (χ0v) is 13.4. The normalized spacial score (nSPS) is 10.5. The average Bonchev–Trinajstić information content (AvgIpc) is 3.07. The van der Waals surface area contributed by atoms with Crippen molar-refractivity contribution >= 4 is 11.6 Å². The molecule has 0 radical (unpaired) electrons. The molecule has 0 bridgehead atoms. The van der Waals surface area contributed by atoms with Crippen LogP contribution in [0.1, 0.15) is 22.8 Å². The Bertz CT molecular complexity index is 890. The van der Waals surface area contributed by atoms with Crippen molar-refractivity contribution in [3.05, 3.63) is 58.4 Å². The van der Waals surface area contributed by atoms with Crippen molar-refractivity contribution in [1.29, 1.82) is 5.26 Å². The first kappa shape index (κ1) is 15.1. The van der Waals surface area contributed by atoms with E-state index in [-0.39, 0.29) is 0 Å². The summed E-state index contributed by atoms with van der Waals surface area (Å²) in [6.45, 7) is 4.35. The fraction of sp³-hybridized carbons (Fsp3) is 0.188. The highest BCUT2D eigenvalue weighted by molar-refractivity contribution is 6.30. The second-order valence-corrected chi connectivity index (χ2v) is 5.54. The van der Waals surface area contributed by atoms with Crippen LogP contribution in [0.2, 0.25) is 5.02 Å². The first-order valence-corrected chi connectivity index (χ1v) is 7.34. The number of benzene rings is 1. The number of aromatic nitrogens is 4. The molecule has 3 rings (SSSR count). The van der Waals surface area contributed by atoms with Gasteiger partial charge in [0, 0.05) is 17.4 Å². The Labute approximate surface area is 138 Å². The van der Waals surface area contributed by atoms with Crippen LogP contribution in [0.15, 0.2) is 30.6 Å². The summed E-state index contributed by atoms with van der Waals surface area (Å²) in [6.07, 6.45) is 3.64. The minimum Gasteiger partial charge on any atom is -0.453 e. The first-order valence-electron chi connectivity index (χ1n) is 6.97. The molecule has 0 unspecified atom stereocenters. The lowest BCUT2D eigenvalue weighted by Crippen LogP contribution is -2.02. The number of nitrogens with zero attached hydrogens (tertiary/aromatic N) is 4. The lowest BCUT2D eigenvalue weighted by molar-refractivity contribution is 0.470. The second-order valence-electron chi connectivity index (χ2n) is 5.11. The van der Waals surface area contributed by atoms with Crippen molar-refractivity contribution in [3.63, 3.8) is 0 Å². The Kier molecular flexibility index (Phi) is 4.04. The molecule has 2 heterocycles. The summed E-state index contributed by atoms with van der Waals surface area (Å²) in [6, 6.07) is 6.96. The molecule has 0 aliphatic heterocycles. The monoisotopic (exact) mass is 327 g/mol. The summed E-state index contributed by atoms with van der Waals surface area (Å²) in [4.78, 5) is 4.20. The molecule has 3 aromatic rings. The van der Waals surface area contributed by atoms with Gasteiger partial charge in [-0.15, -0.1) is 0 Å². The maximum atomic E-state index is 9.03. The predicted octanol–water partition coefficient (Wildman–Crippen LogP) is 3.59. The fourth-order valence-corrected chi connectivity index (χ4v) is 2.48. The summed E-state index contributed by atoms with van der Waals surface area (Å²) >= 11 is 6.02. The zero-order valence-electron chi connectivity index (χ0n) is 12.7. The van der Waals surface area contributed by atoms with Crippen molar-refractivity contribution in [2.75, 3.05) is 0 Å². The number of rotatable bonds is 4. The second kappa shape index (κ2) is 6.15. The van der Waals surface area contributed by atoms with E-state index in [1.165, 1.54) is 0 Å². The van der Waals surface area contributed by atoms with E-state index in [0.717, 1.165) is 17.2 Å². The molecule has 2 aromatic heterocycles. The van der Waals surface area contributed by atoms with E-state index >= 15 is 0 Å². The third-order valence-electron chi connectivity index (χ3n) is 3.43. The number of aryl methyl sites for hydroxylation is 2. The van der Waals surface area contributed by atoms with Crippen LogP contribution in [-0.2, 0) is 6.54 Å². The minimum absolute atomic E-state index is 0.445. The molecule has 0 fully saturated rings. The van der Waals surface area contributed by atoms with Gasteiger partial charge in [-0.2, -0.15) is 10.4 Å². The lowest BCUT2D eigenvalue weighted by atomic mass is 10.2. The predicted molar refractivity (Wildman–Crippen MR) is 85.6 cm³/mol. The molecular formula is C16H14ClN5O. The van der Waals surface area contributed by atoms with E-state index in [1.54, 1.807) is 24.4 Å². The van der Waals surface area contributed by atoms with Crippen LogP contribution >= 0.6 is 11.6 Å². The van der Waals surface area contributed by atoms with Gasteiger partial charge in [-0.1, -0.05) is 11.6 Å². The molecule has 0 saturated heterocycles. The number of hydrogen-bond acceptors (Lipinski definition) is 4. The quantitative estimate of drug-likeness (QED) is 0.794. The van der Waals surface area contributed by atoms with Gasteiger partial charge in [-0.05, 0) is 32.0 Å². The van der Waals surface area contributed by atoms with Crippen molar-refractivity contribution in [2.24, 2.45) is 0 Å². The van der Waals surface area contributed by atoms with Gasteiger partial charge in [0.05, 0.1) is 23.9 Å². The molecular weight excluding hydrogens is 314 g/mol. The Morgan fingerprint density at radius 3 is 2.87 bits per heavy atom. The van der Waals surface area contributed by atoms with Crippen LogP contribution in [0.4, 0.5) is 0 Å². The SMILES string of the molecule is Cc1n[nH]c(Cn2ccnc2C)c1Oc1cc(Cl)cc(C#N)c1. The minimum atomic E-state index is 0.445. The molecule has 0 spiro atoms. The van der Waals surface area contributed by atoms with Gasteiger partial charge in [0.1, 0.15) is 17.3 Å². The lowest BCUT2D eigenvalue weighted by Gasteiger charge is -2.09. The van der Waals surface area contributed by atoms with Gasteiger partial charge < -0.3 is 9.30 Å². The Morgan fingerprint density at radius 1 is 1.35 bits per heavy atom. The number of halogens is 1. The summed E-state index contributed by atoms with van der Waals surface area (Å²) in [5.41, 5.74) is 2.00. The van der Waals surface area contributed by atoms with Gasteiger partial charge in [0.2, 0.25) is 0 Å². The highest BCUT2D eigenvalue weighted by atomic mass is 35.5. The molecule has 0 amide bonds. The summed E-state index contributed by atoms with van der Waals surface area (Å²) in [7, 11) is 0. The number of nitrogens with one attached hydrogen (secondary N) is 1. The maximum Gasteiger partial charge on any atom is 0.172 e.